The van der Waals surface area contributed by atoms with Gasteiger partial charge in [-0.3, -0.25) is 4.79 Å². The van der Waals surface area contributed by atoms with Crippen LogP contribution >= 0.6 is 0 Å². The van der Waals surface area contributed by atoms with Crippen molar-refractivity contribution in [3.8, 4) is 11.5 Å². The summed E-state index contributed by atoms with van der Waals surface area (Å²) < 4.78 is 11.2. The summed E-state index contributed by atoms with van der Waals surface area (Å²) in [4.78, 5) is 11.8. The van der Waals surface area contributed by atoms with Crippen molar-refractivity contribution in [3.63, 3.8) is 0 Å². The van der Waals surface area contributed by atoms with E-state index in [-0.39, 0.29) is 12.5 Å². The van der Waals surface area contributed by atoms with E-state index in [4.69, 9.17) is 9.47 Å². The third-order valence-corrected chi connectivity index (χ3v) is 3.87. The van der Waals surface area contributed by atoms with Gasteiger partial charge < -0.3 is 14.8 Å². The Hall–Kier alpha value is -2.49. The van der Waals surface area contributed by atoms with Gasteiger partial charge in [-0.1, -0.05) is 18.2 Å². The van der Waals surface area contributed by atoms with Crippen molar-refractivity contribution in [1.29, 1.82) is 0 Å². The Bertz CT molecular complexity index is 710. The monoisotopic (exact) mass is 327 g/mol. The SMILES string of the molecule is Cc1ccc(C)c(OCCNC(=O)COc2ccc(C)c(C)c2)c1. The molecular formula is C20H25NO3. The van der Waals surface area contributed by atoms with Crippen LogP contribution in [0.1, 0.15) is 22.3 Å². The molecule has 24 heavy (non-hydrogen) atoms. The zero-order chi connectivity index (χ0) is 17.5. The van der Waals surface area contributed by atoms with Crippen molar-refractivity contribution in [2.45, 2.75) is 27.7 Å². The Morgan fingerprint density at radius 3 is 2.42 bits per heavy atom. The van der Waals surface area contributed by atoms with E-state index < -0.39 is 0 Å². The van der Waals surface area contributed by atoms with Gasteiger partial charge in [0.25, 0.3) is 5.91 Å². The Morgan fingerprint density at radius 1 is 0.917 bits per heavy atom. The molecule has 0 fully saturated rings. The Labute approximate surface area is 143 Å². The lowest BCUT2D eigenvalue weighted by atomic mass is 10.1. The fraction of sp³-hybridized carbons (Fsp3) is 0.350. The summed E-state index contributed by atoms with van der Waals surface area (Å²) in [6.45, 7) is 8.98. The maximum Gasteiger partial charge on any atom is 0.258 e. The highest BCUT2D eigenvalue weighted by molar-refractivity contribution is 5.77. The number of nitrogens with one attached hydrogen (secondary N) is 1. The van der Waals surface area contributed by atoms with E-state index in [2.05, 4.69) is 5.32 Å². The number of hydrogen-bond acceptors (Lipinski definition) is 3. The van der Waals surface area contributed by atoms with E-state index in [0.717, 1.165) is 22.4 Å². The van der Waals surface area contributed by atoms with Crippen molar-refractivity contribution < 1.29 is 14.3 Å². The summed E-state index contributed by atoms with van der Waals surface area (Å²) in [5.74, 6) is 1.41. The highest BCUT2D eigenvalue weighted by Crippen LogP contribution is 2.18. The highest BCUT2D eigenvalue weighted by atomic mass is 16.5. The molecule has 0 aromatic heterocycles. The Balaban J connectivity index is 1.69. The number of rotatable bonds is 7. The van der Waals surface area contributed by atoms with E-state index in [9.17, 15) is 4.79 Å². The molecule has 4 heteroatoms. The predicted molar refractivity (Wildman–Crippen MR) is 95.8 cm³/mol. The van der Waals surface area contributed by atoms with Gasteiger partial charge in [0.1, 0.15) is 18.1 Å². The molecule has 2 aromatic carbocycles. The van der Waals surface area contributed by atoms with Crippen LogP contribution in [0.2, 0.25) is 0 Å². The van der Waals surface area contributed by atoms with E-state index in [1.54, 1.807) is 0 Å². The van der Waals surface area contributed by atoms with Crippen molar-refractivity contribution in [2.75, 3.05) is 19.8 Å². The Morgan fingerprint density at radius 2 is 1.67 bits per heavy atom. The highest BCUT2D eigenvalue weighted by Gasteiger charge is 2.04. The number of ether oxygens (including phenoxy) is 2. The third-order valence-electron chi connectivity index (χ3n) is 3.87. The first-order valence-electron chi connectivity index (χ1n) is 8.12. The fourth-order valence-electron chi connectivity index (χ4n) is 2.22. The third kappa shape index (κ3) is 5.30. The van der Waals surface area contributed by atoms with Crippen LogP contribution in [0.5, 0.6) is 11.5 Å². The molecule has 0 atom stereocenters. The van der Waals surface area contributed by atoms with Crippen LogP contribution in [0.15, 0.2) is 36.4 Å². The zero-order valence-electron chi connectivity index (χ0n) is 14.8. The summed E-state index contributed by atoms with van der Waals surface area (Å²) >= 11 is 0. The summed E-state index contributed by atoms with van der Waals surface area (Å²) in [5.41, 5.74) is 4.59. The molecule has 2 rings (SSSR count). The van der Waals surface area contributed by atoms with Gasteiger partial charge in [-0.05, 0) is 68.1 Å². The molecule has 0 unspecified atom stereocenters. The molecule has 0 bridgehead atoms. The zero-order valence-corrected chi connectivity index (χ0v) is 14.8. The first-order valence-corrected chi connectivity index (χ1v) is 8.12. The number of aryl methyl sites for hydroxylation is 4. The molecule has 0 spiro atoms. The van der Waals surface area contributed by atoms with E-state index >= 15 is 0 Å². The minimum atomic E-state index is -0.155. The van der Waals surface area contributed by atoms with Gasteiger partial charge in [0.15, 0.2) is 6.61 Å². The van der Waals surface area contributed by atoms with Crippen molar-refractivity contribution in [3.05, 3.63) is 58.7 Å². The predicted octanol–water partition coefficient (Wildman–Crippen LogP) is 3.49. The van der Waals surface area contributed by atoms with Gasteiger partial charge in [-0.25, -0.2) is 0 Å². The number of carbonyl (C=O) groups excluding carboxylic acids is 1. The minimum absolute atomic E-state index is 0.00593. The van der Waals surface area contributed by atoms with Crippen molar-refractivity contribution in [2.24, 2.45) is 0 Å². The number of amides is 1. The van der Waals surface area contributed by atoms with Gasteiger partial charge in [-0.15, -0.1) is 0 Å². The lowest BCUT2D eigenvalue weighted by Crippen LogP contribution is -2.32. The van der Waals surface area contributed by atoms with Gasteiger partial charge >= 0.3 is 0 Å². The van der Waals surface area contributed by atoms with Gasteiger partial charge in [0.05, 0.1) is 6.54 Å². The maximum atomic E-state index is 11.8. The second-order valence-corrected chi connectivity index (χ2v) is 6.00. The molecular weight excluding hydrogens is 302 g/mol. The summed E-state index contributed by atoms with van der Waals surface area (Å²) in [5, 5.41) is 2.79. The second-order valence-electron chi connectivity index (χ2n) is 6.00. The first-order chi connectivity index (χ1) is 11.5. The van der Waals surface area contributed by atoms with Gasteiger partial charge in [-0.2, -0.15) is 0 Å². The van der Waals surface area contributed by atoms with Crippen LogP contribution in [0.25, 0.3) is 0 Å². The normalized spacial score (nSPS) is 10.3. The van der Waals surface area contributed by atoms with Crippen LogP contribution in [-0.4, -0.2) is 25.7 Å². The average molecular weight is 327 g/mol. The average Bonchev–Trinajstić information content (AvgIpc) is 2.55. The maximum absolute atomic E-state index is 11.8. The van der Waals surface area contributed by atoms with Crippen molar-refractivity contribution in [1.82, 2.24) is 5.32 Å². The number of benzene rings is 2. The standard InChI is InChI=1S/C20H25NO3/c1-14-5-6-16(3)19(11-14)23-10-9-21-20(22)13-24-18-8-7-15(2)17(4)12-18/h5-8,11-12H,9-10,13H2,1-4H3,(H,21,22). The molecule has 1 N–H and O–H groups in total. The smallest absolute Gasteiger partial charge is 0.258 e. The first kappa shape index (κ1) is 17.9. The Kier molecular flexibility index (Phi) is 6.24. The van der Waals surface area contributed by atoms with Gasteiger partial charge in [0, 0.05) is 0 Å². The molecule has 4 nitrogen and oxygen atoms in total. The lowest BCUT2D eigenvalue weighted by Gasteiger charge is -2.11. The largest absolute Gasteiger partial charge is 0.491 e. The minimum Gasteiger partial charge on any atom is -0.491 e. The van der Waals surface area contributed by atoms with Crippen LogP contribution in [0, 0.1) is 27.7 Å². The van der Waals surface area contributed by atoms with Gasteiger partial charge in [0.2, 0.25) is 0 Å². The van der Waals surface area contributed by atoms with Crippen LogP contribution in [0.4, 0.5) is 0 Å². The van der Waals surface area contributed by atoms with E-state index in [1.807, 2.05) is 64.1 Å². The molecule has 128 valence electrons. The van der Waals surface area contributed by atoms with E-state index in [0.29, 0.717) is 18.9 Å². The van der Waals surface area contributed by atoms with E-state index in [1.165, 1.54) is 5.56 Å². The van der Waals surface area contributed by atoms with Crippen LogP contribution < -0.4 is 14.8 Å². The van der Waals surface area contributed by atoms with Crippen LogP contribution in [0.3, 0.4) is 0 Å². The molecule has 0 saturated carbocycles. The summed E-state index contributed by atoms with van der Waals surface area (Å²) in [6.07, 6.45) is 0. The lowest BCUT2D eigenvalue weighted by molar-refractivity contribution is -0.123. The quantitative estimate of drug-likeness (QED) is 0.792. The molecule has 0 heterocycles. The second kappa shape index (κ2) is 8.39. The summed E-state index contributed by atoms with van der Waals surface area (Å²) in [6, 6.07) is 11.9. The molecule has 0 saturated heterocycles. The number of hydrogen-bond donors (Lipinski definition) is 1. The molecule has 0 aliphatic carbocycles. The van der Waals surface area contributed by atoms with Crippen molar-refractivity contribution >= 4 is 5.91 Å². The molecule has 0 aliphatic rings. The number of carbonyl (C=O) groups is 1. The molecule has 0 radical (unpaired) electrons. The van der Waals surface area contributed by atoms with Crippen LogP contribution in [-0.2, 0) is 4.79 Å². The molecule has 2 aromatic rings. The fourth-order valence-corrected chi connectivity index (χ4v) is 2.22. The summed E-state index contributed by atoms with van der Waals surface area (Å²) in [7, 11) is 0. The topological polar surface area (TPSA) is 47.6 Å². The molecule has 1 amide bonds. The molecule has 0 aliphatic heterocycles.